The first-order valence-corrected chi connectivity index (χ1v) is 9.67. The maximum absolute atomic E-state index is 12.4. The van der Waals surface area contributed by atoms with E-state index in [1.165, 1.54) is 12.1 Å². The van der Waals surface area contributed by atoms with Crippen molar-refractivity contribution in [2.45, 2.75) is 39.3 Å². The average molecular weight is 415 g/mol. The van der Waals surface area contributed by atoms with Crippen LogP contribution in [0.25, 0.3) is 0 Å². The molecule has 4 rings (SSSR count). The Hall–Kier alpha value is -3.29. The molecule has 0 radical (unpaired) electrons. The zero-order valence-corrected chi connectivity index (χ0v) is 16.9. The first-order valence-electron chi connectivity index (χ1n) is 9.67. The van der Waals surface area contributed by atoms with Crippen LogP contribution >= 0.6 is 0 Å². The molecule has 1 N–H and O–H groups in total. The summed E-state index contributed by atoms with van der Waals surface area (Å²) >= 11 is 0. The lowest BCUT2D eigenvalue weighted by Gasteiger charge is -2.32. The van der Waals surface area contributed by atoms with E-state index in [9.17, 15) is 18.4 Å². The van der Waals surface area contributed by atoms with Crippen LogP contribution in [0.2, 0.25) is 0 Å². The van der Waals surface area contributed by atoms with Gasteiger partial charge in [0.15, 0.2) is 6.23 Å². The summed E-state index contributed by atoms with van der Waals surface area (Å²) in [5, 5.41) is 3.37. The SMILES string of the molecule is C=NNC(=O)c1cc2c(cc1C)C(=O)N1CCCC1O2.CCc1cc(F)cc(F)c1. The second-order valence-corrected chi connectivity index (χ2v) is 7.11. The number of amides is 2. The highest BCUT2D eigenvalue weighted by Gasteiger charge is 2.37. The Bertz CT molecular complexity index is 974. The molecule has 2 aliphatic heterocycles. The van der Waals surface area contributed by atoms with Gasteiger partial charge in [0, 0.05) is 31.3 Å². The predicted molar refractivity (Wildman–Crippen MR) is 109 cm³/mol. The molecule has 0 aliphatic carbocycles. The molecule has 1 atom stereocenters. The highest BCUT2D eigenvalue weighted by molar-refractivity contribution is 6.02. The number of hydrogen-bond donors (Lipinski definition) is 1. The molecule has 2 aromatic rings. The van der Waals surface area contributed by atoms with E-state index >= 15 is 0 Å². The summed E-state index contributed by atoms with van der Waals surface area (Å²) in [7, 11) is 0. The van der Waals surface area contributed by atoms with Crippen LogP contribution in [-0.4, -0.2) is 36.2 Å². The number of carbonyl (C=O) groups is 2. The number of benzene rings is 2. The fourth-order valence-electron chi connectivity index (χ4n) is 3.54. The Morgan fingerprint density at radius 1 is 1.27 bits per heavy atom. The van der Waals surface area contributed by atoms with E-state index in [2.05, 4.69) is 17.2 Å². The van der Waals surface area contributed by atoms with E-state index in [1.807, 2.05) is 6.92 Å². The molecular weight excluding hydrogens is 392 g/mol. The molecule has 0 spiro atoms. The molecule has 6 nitrogen and oxygen atoms in total. The van der Waals surface area contributed by atoms with Crippen LogP contribution < -0.4 is 10.2 Å². The van der Waals surface area contributed by atoms with Crippen molar-refractivity contribution in [2.75, 3.05) is 6.54 Å². The molecule has 1 saturated heterocycles. The Balaban J connectivity index is 0.000000216. The zero-order valence-electron chi connectivity index (χ0n) is 16.9. The highest BCUT2D eigenvalue weighted by atomic mass is 19.1. The lowest BCUT2D eigenvalue weighted by atomic mass is 10.0. The van der Waals surface area contributed by atoms with Crippen molar-refractivity contribution in [1.29, 1.82) is 0 Å². The lowest BCUT2D eigenvalue weighted by molar-refractivity contribution is 0.0293. The fraction of sp³-hybridized carbons (Fsp3) is 0.318. The molecule has 158 valence electrons. The number of ether oxygens (including phenoxy) is 1. The van der Waals surface area contributed by atoms with Gasteiger partial charge in [-0.05, 0) is 55.2 Å². The molecule has 30 heavy (non-hydrogen) atoms. The van der Waals surface area contributed by atoms with Crippen LogP contribution in [0.3, 0.4) is 0 Å². The quantitative estimate of drug-likeness (QED) is 0.612. The van der Waals surface area contributed by atoms with Crippen LogP contribution in [0.1, 0.15) is 51.6 Å². The van der Waals surface area contributed by atoms with Gasteiger partial charge in [0.2, 0.25) is 0 Å². The molecule has 0 aromatic heterocycles. The van der Waals surface area contributed by atoms with E-state index in [-0.39, 0.29) is 18.0 Å². The van der Waals surface area contributed by atoms with Gasteiger partial charge in [0.05, 0.1) is 5.56 Å². The van der Waals surface area contributed by atoms with Crippen LogP contribution in [0.4, 0.5) is 8.78 Å². The first kappa shape index (κ1) is 21.4. The first-order chi connectivity index (χ1) is 14.3. The van der Waals surface area contributed by atoms with E-state index < -0.39 is 11.6 Å². The third-order valence-corrected chi connectivity index (χ3v) is 5.03. The standard InChI is InChI=1S/C14H15N3O3.C8H8F2/c1-8-6-10-11(7-9(8)13(18)16-15-2)20-12-4-3-5-17(12)14(10)19;1-2-6-3-7(9)5-8(10)4-6/h6-7,12H,2-5H2,1H3,(H,16,18);3-5H,2H2,1H3. The maximum atomic E-state index is 12.4. The molecular formula is C22H23F2N3O3. The normalized spacial score (nSPS) is 16.6. The Labute approximate surface area is 173 Å². The second-order valence-electron chi connectivity index (χ2n) is 7.11. The molecule has 1 fully saturated rings. The fourth-order valence-corrected chi connectivity index (χ4v) is 3.54. The van der Waals surface area contributed by atoms with Crippen LogP contribution in [-0.2, 0) is 6.42 Å². The summed E-state index contributed by atoms with van der Waals surface area (Å²) in [6.45, 7) is 7.59. The lowest BCUT2D eigenvalue weighted by Crippen LogP contribution is -2.43. The number of nitrogens with zero attached hydrogens (tertiary/aromatic N) is 2. The number of hydrazone groups is 1. The van der Waals surface area contributed by atoms with Gasteiger partial charge in [0.1, 0.15) is 17.4 Å². The van der Waals surface area contributed by atoms with Gasteiger partial charge in [0.25, 0.3) is 11.8 Å². The molecule has 0 saturated carbocycles. The van der Waals surface area contributed by atoms with Crippen molar-refractivity contribution >= 4 is 18.5 Å². The topological polar surface area (TPSA) is 71.0 Å². The van der Waals surface area contributed by atoms with E-state index in [1.54, 1.807) is 24.0 Å². The van der Waals surface area contributed by atoms with Gasteiger partial charge in [-0.3, -0.25) is 9.59 Å². The van der Waals surface area contributed by atoms with Crippen LogP contribution in [0, 0.1) is 18.6 Å². The van der Waals surface area contributed by atoms with Crippen LogP contribution in [0.5, 0.6) is 5.75 Å². The van der Waals surface area contributed by atoms with Gasteiger partial charge in [-0.15, -0.1) is 0 Å². The Kier molecular flexibility index (Phi) is 6.44. The highest BCUT2D eigenvalue weighted by Crippen LogP contribution is 2.34. The van der Waals surface area contributed by atoms with Crippen molar-refractivity contribution in [3.8, 4) is 5.75 Å². The van der Waals surface area contributed by atoms with Crippen molar-refractivity contribution in [3.05, 3.63) is 64.2 Å². The summed E-state index contributed by atoms with van der Waals surface area (Å²) in [5.74, 6) is -0.914. The van der Waals surface area contributed by atoms with Gasteiger partial charge < -0.3 is 9.64 Å². The van der Waals surface area contributed by atoms with Gasteiger partial charge in [-0.1, -0.05) is 6.92 Å². The van der Waals surface area contributed by atoms with Crippen molar-refractivity contribution in [3.63, 3.8) is 0 Å². The monoisotopic (exact) mass is 415 g/mol. The molecule has 0 bridgehead atoms. The summed E-state index contributed by atoms with van der Waals surface area (Å²) in [6, 6.07) is 6.86. The zero-order chi connectivity index (χ0) is 21.8. The third-order valence-electron chi connectivity index (χ3n) is 5.03. The van der Waals surface area contributed by atoms with E-state index in [0.29, 0.717) is 34.4 Å². The molecule has 2 aromatic carbocycles. The summed E-state index contributed by atoms with van der Waals surface area (Å²) in [5.41, 5.74) is 4.65. The van der Waals surface area contributed by atoms with Gasteiger partial charge in [-0.2, -0.15) is 5.10 Å². The number of nitrogens with one attached hydrogen (secondary N) is 1. The van der Waals surface area contributed by atoms with Crippen LogP contribution in [0.15, 0.2) is 35.4 Å². The minimum absolute atomic E-state index is 0.0225. The summed E-state index contributed by atoms with van der Waals surface area (Å²) in [4.78, 5) is 26.0. The number of aryl methyl sites for hydroxylation is 2. The number of rotatable bonds is 3. The molecule has 8 heteroatoms. The van der Waals surface area contributed by atoms with Gasteiger partial charge >= 0.3 is 0 Å². The number of halogens is 2. The number of fused-ring (bicyclic) bond motifs is 2. The predicted octanol–water partition coefficient (Wildman–Crippen LogP) is 3.82. The smallest absolute Gasteiger partial charge is 0.271 e. The minimum Gasteiger partial charge on any atom is -0.470 e. The van der Waals surface area contributed by atoms with E-state index in [0.717, 1.165) is 25.5 Å². The minimum atomic E-state index is -0.503. The number of carbonyl (C=O) groups excluding carboxylic acids is 2. The third kappa shape index (κ3) is 4.48. The maximum Gasteiger partial charge on any atom is 0.271 e. The number of hydrogen-bond acceptors (Lipinski definition) is 4. The molecule has 2 aliphatic rings. The van der Waals surface area contributed by atoms with Gasteiger partial charge in [-0.25, -0.2) is 14.2 Å². The summed E-state index contributed by atoms with van der Waals surface area (Å²) in [6.07, 6.45) is 2.23. The molecule has 1 unspecified atom stereocenters. The van der Waals surface area contributed by atoms with Crippen molar-refractivity contribution in [1.82, 2.24) is 10.3 Å². The van der Waals surface area contributed by atoms with Crippen molar-refractivity contribution < 1.29 is 23.1 Å². The molecule has 2 heterocycles. The Morgan fingerprint density at radius 2 is 1.97 bits per heavy atom. The largest absolute Gasteiger partial charge is 0.470 e. The van der Waals surface area contributed by atoms with Crippen molar-refractivity contribution in [2.24, 2.45) is 5.10 Å². The second kappa shape index (κ2) is 9.02. The average Bonchev–Trinajstić information content (AvgIpc) is 3.17. The summed E-state index contributed by atoms with van der Waals surface area (Å²) < 4.78 is 30.6. The Morgan fingerprint density at radius 3 is 2.60 bits per heavy atom. The molecule has 2 amide bonds. The van der Waals surface area contributed by atoms with E-state index in [4.69, 9.17) is 4.74 Å².